The number of urea groups is 1. The molecule has 0 heterocycles. The number of amides is 2. The number of ether oxygens (including phenoxy) is 1. The van der Waals surface area contributed by atoms with Gasteiger partial charge in [0, 0.05) is 18.8 Å². The lowest BCUT2D eigenvalue weighted by Gasteiger charge is -2.23. The van der Waals surface area contributed by atoms with Crippen molar-refractivity contribution in [1.29, 1.82) is 0 Å². The normalized spacial score (nSPS) is 10.0. The summed E-state index contributed by atoms with van der Waals surface area (Å²) in [5, 5.41) is 2.85. The number of para-hydroxylation sites is 1. The van der Waals surface area contributed by atoms with Gasteiger partial charge in [-0.25, -0.2) is 4.79 Å². The third kappa shape index (κ3) is 5.76. The van der Waals surface area contributed by atoms with Crippen LogP contribution >= 0.6 is 0 Å². The van der Waals surface area contributed by atoms with Crippen LogP contribution < -0.4 is 5.32 Å². The van der Waals surface area contributed by atoms with E-state index in [1.165, 1.54) is 7.11 Å². The molecule has 0 radical (unpaired) electrons. The zero-order chi connectivity index (χ0) is 17.2. The predicted molar refractivity (Wildman–Crippen MR) is 93.8 cm³/mol. The number of carbonyl (C=O) groups excluding carboxylic acids is 2. The van der Waals surface area contributed by atoms with Gasteiger partial charge >= 0.3 is 12.0 Å². The molecule has 126 valence electrons. The minimum atomic E-state index is -0.327. The molecule has 0 fully saturated rings. The standard InChI is InChI=1S/C19H22N2O3/c1-24-18(22)13-15-21(14-12-16-8-4-2-5-9-16)19(23)20-17-10-6-3-7-11-17/h2-11H,12-15H2,1H3,(H,20,23). The summed E-state index contributed by atoms with van der Waals surface area (Å²) in [5.74, 6) is -0.327. The number of hydrogen-bond acceptors (Lipinski definition) is 3. The maximum absolute atomic E-state index is 12.5. The lowest BCUT2D eigenvalue weighted by molar-refractivity contribution is -0.140. The second-order valence-corrected chi connectivity index (χ2v) is 5.34. The third-order valence-corrected chi connectivity index (χ3v) is 3.64. The van der Waals surface area contributed by atoms with E-state index in [9.17, 15) is 9.59 Å². The number of methoxy groups -OCH3 is 1. The number of nitrogens with one attached hydrogen (secondary N) is 1. The van der Waals surface area contributed by atoms with E-state index in [1.807, 2.05) is 60.7 Å². The number of esters is 1. The van der Waals surface area contributed by atoms with E-state index in [1.54, 1.807) is 4.90 Å². The number of anilines is 1. The summed E-state index contributed by atoms with van der Waals surface area (Å²) in [6.07, 6.45) is 0.901. The number of benzene rings is 2. The molecule has 0 aromatic heterocycles. The van der Waals surface area contributed by atoms with E-state index in [-0.39, 0.29) is 18.4 Å². The van der Waals surface area contributed by atoms with E-state index >= 15 is 0 Å². The minimum Gasteiger partial charge on any atom is -0.469 e. The van der Waals surface area contributed by atoms with Crippen molar-refractivity contribution in [3.05, 3.63) is 66.2 Å². The van der Waals surface area contributed by atoms with Gasteiger partial charge in [0.1, 0.15) is 0 Å². The maximum Gasteiger partial charge on any atom is 0.321 e. The third-order valence-electron chi connectivity index (χ3n) is 3.64. The molecule has 0 aliphatic carbocycles. The monoisotopic (exact) mass is 326 g/mol. The fourth-order valence-electron chi connectivity index (χ4n) is 2.28. The maximum atomic E-state index is 12.5. The van der Waals surface area contributed by atoms with Crippen molar-refractivity contribution in [3.8, 4) is 0 Å². The molecule has 0 saturated heterocycles. The van der Waals surface area contributed by atoms with Gasteiger partial charge in [-0.05, 0) is 24.1 Å². The molecule has 0 bridgehead atoms. The summed E-state index contributed by atoms with van der Waals surface area (Å²) < 4.78 is 4.66. The molecule has 1 N–H and O–H groups in total. The summed E-state index contributed by atoms with van der Waals surface area (Å²) >= 11 is 0. The Labute approximate surface area is 142 Å². The molecule has 24 heavy (non-hydrogen) atoms. The Balaban J connectivity index is 1.98. The molecule has 2 amide bonds. The molecule has 0 saturated carbocycles. The van der Waals surface area contributed by atoms with Crippen LogP contribution in [-0.2, 0) is 16.0 Å². The lowest BCUT2D eigenvalue weighted by atomic mass is 10.1. The van der Waals surface area contributed by atoms with Crippen LogP contribution in [0, 0.1) is 0 Å². The van der Waals surface area contributed by atoms with Gasteiger partial charge in [0.25, 0.3) is 0 Å². The van der Waals surface area contributed by atoms with Crippen LogP contribution in [0.5, 0.6) is 0 Å². The van der Waals surface area contributed by atoms with Gasteiger partial charge in [0.15, 0.2) is 0 Å². The zero-order valence-electron chi connectivity index (χ0n) is 13.8. The predicted octanol–water partition coefficient (Wildman–Crippen LogP) is 3.33. The second-order valence-electron chi connectivity index (χ2n) is 5.34. The van der Waals surface area contributed by atoms with Gasteiger partial charge in [0.2, 0.25) is 0 Å². The summed E-state index contributed by atoms with van der Waals surface area (Å²) in [6.45, 7) is 0.845. The number of rotatable bonds is 7. The molecule has 0 aliphatic heterocycles. The summed E-state index contributed by atoms with van der Waals surface area (Å²) in [7, 11) is 1.35. The Bertz CT molecular complexity index is 644. The number of hydrogen-bond donors (Lipinski definition) is 1. The molecule has 0 spiro atoms. The van der Waals surface area contributed by atoms with Crippen molar-refractivity contribution in [3.63, 3.8) is 0 Å². The van der Waals surface area contributed by atoms with Gasteiger partial charge in [-0.3, -0.25) is 4.79 Å². The molecule has 5 heteroatoms. The van der Waals surface area contributed by atoms with Crippen molar-refractivity contribution in [1.82, 2.24) is 4.90 Å². The van der Waals surface area contributed by atoms with E-state index in [2.05, 4.69) is 10.1 Å². The van der Waals surface area contributed by atoms with Crippen LogP contribution in [-0.4, -0.2) is 37.1 Å². The first-order chi connectivity index (χ1) is 11.7. The van der Waals surface area contributed by atoms with Crippen molar-refractivity contribution >= 4 is 17.7 Å². The molecule has 0 aliphatic rings. The average Bonchev–Trinajstić information content (AvgIpc) is 2.63. The zero-order valence-corrected chi connectivity index (χ0v) is 13.8. The molecule has 5 nitrogen and oxygen atoms in total. The Hall–Kier alpha value is -2.82. The van der Waals surface area contributed by atoms with Crippen LogP contribution in [0.1, 0.15) is 12.0 Å². The largest absolute Gasteiger partial charge is 0.469 e. The molecular formula is C19H22N2O3. The van der Waals surface area contributed by atoms with Crippen LogP contribution in [0.25, 0.3) is 0 Å². The molecule has 0 unspecified atom stereocenters. The van der Waals surface area contributed by atoms with E-state index in [0.29, 0.717) is 13.1 Å². The fourth-order valence-corrected chi connectivity index (χ4v) is 2.28. The van der Waals surface area contributed by atoms with Gasteiger partial charge in [-0.15, -0.1) is 0 Å². The van der Waals surface area contributed by atoms with Crippen LogP contribution in [0.2, 0.25) is 0 Å². The molecule has 0 atom stereocenters. The lowest BCUT2D eigenvalue weighted by Crippen LogP contribution is -2.38. The van der Waals surface area contributed by atoms with Gasteiger partial charge in [-0.1, -0.05) is 48.5 Å². The SMILES string of the molecule is COC(=O)CCN(CCc1ccccc1)C(=O)Nc1ccccc1. The minimum absolute atomic E-state index is 0.174. The van der Waals surface area contributed by atoms with Crippen molar-refractivity contribution < 1.29 is 14.3 Å². The van der Waals surface area contributed by atoms with E-state index in [0.717, 1.165) is 17.7 Å². The quantitative estimate of drug-likeness (QED) is 0.794. The molecule has 2 aromatic rings. The second kappa shape index (κ2) is 9.35. The van der Waals surface area contributed by atoms with Crippen LogP contribution in [0.4, 0.5) is 10.5 Å². The first-order valence-corrected chi connectivity index (χ1v) is 7.91. The Morgan fingerprint density at radius 3 is 2.21 bits per heavy atom. The first kappa shape index (κ1) is 17.5. The first-order valence-electron chi connectivity index (χ1n) is 7.91. The Morgan fingerprint density at radius 1 is 0.958 bits per heavy atom. The number of carbonyl (C=O) groups is 2. The fraction of sp³-hybridized carbons (Fsp3) is 0.263. The van der Waals surface area contributed by atoms with Crippen molar-refractivity contribution in [2.75, 3.05) is 25.5 Å². The van der Waals surface area contributed by atoms with Gasteiger partial charge < -0.3 is 15.0 Å². The topological polar surface area (TPSA) is 58.6 Å². The van der Waals surface area contributed by atoms with E-state index < -0.39 is 0 Å². The van der Waals surface area contributed by atoms with Crippen molar-refractivity contribution in [2.45, 2.75) is 12.8 Å². The van der Waals surface area contributed by atoms with Gasteiger partial charge in [-0.2, -0.15) is 0 Å². The van der Waals surface area contributed by atoms with E-state index in [4.69, 9.17) is 0 Å². The molecule has 2 rings (SSSR count). The summed E-state index contributed by atoms with van der Waals surface area (Å²) in [4.78, 5) is 25.5. The number of nitrogens with zero attached hydrogens (tertiary/aromatic N) is 1. The highest BCUT2D eigenvalue weighted by Crippen LogP contribution is 2.08. The highest BCUT2D eigenvalue weighted by atomic mass is 16.5. The van der Waals surface area contributed by atoms with Gasteiger partial charge in [0.05, 0.1) is 13.5 Å². The smallest absolute Gasteiger partial charge is 0.321 e. The highest BCUT2D eigenvalue weighted by molar-refractivity contribution is 5.89. The van der Waals surface area contributed by atoms with Crippen LogP contribution in [0.15, 0.2) is 60.7 Å². The van der Waals surface area contributed by atoms with Crippen LogP contribution in [0.3, 0.4) is 0 Å². The molecule has 2 aromatic carbocycles. The Morgan fingerprint density at radius 2 is 1.58 bits per heavy atom. The summed E-state index contributed by atoms with van der Waals surface area (Å²) in [6, 6.07) is 19.0. The average molecular weight is 326 g/mol. The summed E-state index contributed by atoms with van der Waals surface area (Å²) in [5.41, 5.74) is 1.87. The molecular weight excluding hydrogens is 304 g/mol. The van der Waals surface area contributed by atoms with Crippen molar-refractivity contribution in [2.24, 2.45) is 0 Å². The Kier molecular flexibility index (Phi) is 6.83. The highest BCUT2D eigenvalue weighted by Gasteiger charge is 2.15.